The molecule has 1 aliphatic rings. The Kier molecular flexibility index (Phi) is 8.97. The van der Waals surface area contributed by atoms with E-state index in [1.54, 1.807) is 0 Å². The van der Waals surface area contributed by atoms with Crippen LogP contribution >= 0.6 is 0 Å². The van der Waals surface area contributed by atoms with Gasteiger partial charge in [-0.2, -0.15) is 0 Å². The molecule has 1 fully saturated rings. The van der Waals surface area contributed by atoms with Gasteiger partial charge in [0.1, 0.15) is 0 Å². The van der Waals surface area contributed by atoms with Gasteiger partial charge in [-0.25, -0.2) is 0 Å². The summed E-state index contributed by atoms with van der Waals surface area (Å²) in [7, 11) is 0. The molecule has 176 valence electrons. The molecule has 0 amide bonds. The lowest BCUT2D eigenvalue weighted by Gasteiger charge is -2.28. The summed E-state index contributed by atoms with van der Waals surface area (Å²) in [4.78, 5) is 0. The standard InChI is InChI=1S/C34H40/c1-3-4-6-9-28-18-22-33(23-19-28)34-24-20-30(21-25-34)13-12-29-14-16-31(17-15-29)26-27(2)32-10-7-5-8-11-32/h3-5,7-8,10-17,20-21,24-25,27-28,33H,6,9,18-19,22-23,26H2,1-2H3/t27-,28?,33?/m1/s1. The molecule has 0 saturated heterocycles. The average molecular weight is 449 g/mol. The maximum Gasteiger partial charge on any atom is -0.0150 e. The minimum Gasteiger partial charge on any atom is -0.0917 e. The predicted octanol–water partition coefficient (Wildman–Crippen LogP) is 9.83. The molecule has 1 saturated carbocycles. The molecule has 0 bridgehead atoms. The summed E-state index contributed by atoms with van der Waals surface area (Å²) in [6.07, 6.45) is 18.2. The van der Waals surface area contributed by atoms with Crippen LogP contribution in [0.4, 0.5) is 0 Å². The Hall–Kier alpha value is -2.86. The monoisotopic (exact) mass is 448 g/mol. The van der Waals surface area contributed by atoms with E-state index in [-0.39, 0.29) is 0 Å². The summed E-state index contributed by atoms with van der Waals surface area (Å²) < 4.78 is 0. The molecule has 4 rings (SSSR count). The summed E-state index contributed by atoms with van der Waals surface area (Å²) >= 11 is 0. The van der Waals surface area contributed by atoms with E-state index in [0.29, 0.717) is 5.92 Å². The van der Waals surface area contributed by atoms with Crippen molar-refractivity contribution in [2.45, 2.75) is 70.6 Å². The van der Waals surface area contributed by atoms with Gasteiger partial charge in [-0.3, -0.25) is 0 Å². The molecular formula is C34H40. The van der Waals surface area contributed by atoms with Crippen LogP contribution in [0.5, 0.6) is 0 Å². The first-order valence-corrected chi connectivity index (χ1v) is 13.2. The Morgan fingerprint density at radius 2 is 1.38 bits per heavy atom. The number of rotatable bonds is 9. The molecule has 3 aromatic carbocycles. The Morgan fingerprint density at radius 1 is 0.765 bits per heavy atom. The molecule has 0 N–H and O–H groups in total. The number of hydrogen-bond acceptors (Lipinski definition) is 0. The number of benzene rings is 3. The highest BCUT2D eigenvalue weighted by Gasteiger charge is 2.21. The van der Waals surface area contributed by atoms with Crippen molar-refractivity contribution < 1.29 is 0 Å². The highest BCUT2D eigenvalue weighted by atomic mass is 14.3. The maximum atomic E-state index is 2.36. The molecule has 0 heterocycles. The zero-order valence-corrected chi connectivity index (χ0v) is 21.0. The lowest BCUT2D eigenvalue weighted by atomic mass is 9.77. The third-order valence-electron chi connectivity index (χ3n) is 7.59. The molecule has 0 aliphatic heterocycles. The second-order valence-corrected chi connectivity index (χ2v) is 10.1. The number of hydrogen-bond donors (Lipinski definition) is 0. The molecule has 3 aromatic rings. The fourth-order valence-corrected chi connectivity index (χ4v) is 5.37. The van der Waals surface area contributed by atoms with Gasteiger partial charge in [0.15, 0.2) is 0 Å². The topological polar surface area (TPSA) is 0 Å². The molecule has 1 atom stereocenters. The van der Waals surface area contributed by atoms with Gasteiger partial charge < -0.3 is 0 Å². The van der Waals surface area contributed by atoms with E-state index in [1.807, 2.05) is 0 Å². The molecule has 0 spiro atoms. The third-order valence-corrected chi connectivity index (χ3v) is 7.59. The fourth-order valence-electron chi connectivity index (χ4n) is 5.37. The Morgan fingerprint density at radius 3 is 2.00 bits per heavy atom. The average Bonchev–Trinajstić information content (AvgIpc) is 2.90. The van der Waals surface area contributed by atoms with Crippen molar-refractivity contribution in [3.8, 4) is 0 Å². The Balaban J connectivity index is 1.27. The summed E-state index contributed by atoms with van der Waals surface area (Å²) in [5.74, 6) is 2.22. The minimum atomic E-state index is 0.536. The summed E-state index contributed by atoms with van der Waals surface area (Å²) in [6, 6.07) is 29.1. The summed E-state index contributed by atoms with van der Waals surface area (Å²) in [6.45, 7) is 4.43. The van der Waals surface area contributed by atoms with Crippen molar-refractivity contribution in [1.29, 1.82) is 0 Å². The van der Waals surface area contributed by atoms with Crippen molar-refractivity contribution in [3.05, 3.63) is 119 Å². The van der Waals surface area contributed by atoms with Crippen molar-refractivity contribution in [3.63, 3.8) is 0 Å². The lowest BCUT2D eigenvalue weighted by molar-refractivity contribution is 0.312. The van der Waals surface area contributed by atoms with Crippen LogP contribution in [0.2, 0.25) is 0 Å². The van der Waals surface area contributed by atoms with E-state index in [9.17, 15) is 0 Å². The highest BCUT2D eigenvalue weighted by molar-refractivity contribution is 5.69. The van der Waals surface area contributed by atoms with Gasteiger partial charge in [-0.1, -0.05) is 110 Å². The second kappa shape index (κ2) is 12.6. The van der Waals surface area contributed by atoms with Crippen molar-refractivity contribution in [2.75, 3.05) is 0 Å². The van der Waals surface area contributed by atoms with Crippen LogP contribution in [0.15, 0.2) is 91.0 Å². The molecule has 0 aromatic heterocycles. The first-order valence-electron chi connectivity index (χ1n) is 13.2. The van der Waals surface area contributed by atoms with Crippen LogP contribution in [0.3, 0.4) is 0 Å². The maximum absolute atomic E-state index is 2.36. The van der Waals surface area contributed by atoms with Crippen LogP contribution in [-0.2, 0) is 6.42 Å². The first kappa shape index (κ1) is 24.3. The van der Waals surface area contributed by atoms with E-state index in [0.717, 1.165) is 18.3 Å². The predicted molar refractivity (Wildman–Crippen MR) is 149 cm³/mol. The van der Waals surface area contributed by atoms with Crippen LogP contribution in [0.25, 0.3) is 12.2 Å². The fraction of sp³-hybridized carbons (Fsp3) is 0.353. The molecular weight excluding hydrogens is 408 g/mol. The Labute approximate surface area is 207 Å². The van der Waals surface area contributed by atoms with E-state index in [1.165, 1.54) is 66.3 Å². The zero-order chi connectivity index (χ0) is 23.6. The minimum absolute atomic E-state index is 0.536. The second-order valence-electron chi connectivity index (χ2n) is 10.1. The lowest BCUT2D eigenvalue weighted by Crippen LogP contribution is -2.13. The Bertz CT molecular complexity index is 1030. The van der Waals surface area contributed by atoms with Crippen molar-refractivity contribution in [2.24, 2.45) is 5.92 Å². The SMILES string of the molecule is CC=CCCC1CCC(c2ccc(C=Cc3ccc(C[C@@H](C)c4ccccc4)cc3)cc2)CC1. The molecule has 0 nitrogen and oxygen atoms in total. The van der Waals surface area contributed by atoms with Crippen LogP contribution in [0, 0.1) is 5.92 Å². The van der Waals surface area contributed by atoms with Crippen molar-refractivity contribution in [1.82, 2.24) is 0 Å². The molecule has 0 radical (unpaired) electrons. The third kappa shape index (κ3) is 7.07. The quantitative estimate of drug-likeness (QED) is 0.226. The molecule has 0 heteroatoms. The molecule has 34 heavy (non-hydrogen) atoms. The van der Waals surface area contributed by atoms with Gasteiger partial charge in [-0.05, 0) is 97.4 Å². The molecule has 1 aliphatic carbocycles. The van der Waals surface area contributed by atoms with Gasteiger partial charge in [0.25, 0.3) is 0 Å². The summed E-state index contributed by atoms with van der Waals surface area (Å²) in [5.41, 5.74) is 6.88. The van der Waals surface area contributed by atoms with Crippen LogP contribution in [-0.4, -0.2) is 0 Å². The van der Waals surface area contributed by atoms with Crippen molar-refractivity contribution >= 4 is 12.2 Å². The van der Waals surface area contributed by atoms with Crippen LogP contribution < -0.4 is 0 Å². The van der Waals surface area contributed by atoms with Crippen LogP contribution in [0.1, 0.15) is 92.0 Å². The van der Waals surface area contributed by atoms with Gasteiger partial charge in [0.05, 0.1) is 0 Å². The van der Waals surface area contributed by atoms with Gasteiger partial charge in [0.2, 0.25) is 0 Å². The normalized spacial score (nSPS) is 19.6. The zero-order valence-electron chi connectivity index (χ0n) is 21.0. The smallest absolute Gasteiger partial charge is 0.0150 e. The van der Waals surface area contributed by atoms with Gasteiger partial charge in [0, 0.05) is 0 Å². The summed E-state index contributed by atoms with van der Waals surface area (Å²) in [5, 5.41) is 0. The van der Waals surface area contributed by atoms with E-state index in [4.69, 9.17) is 0 Å². The van der Waals surface area contributed by atoms with E-state index in [2.05, 4.69) is 117 Å². The van der Waals surface area contributed by atoms with Gasteiger partial charge in [-0.15, -0.1) is 0 Å². The number of allylic oxidation sites excluding steroid dienone is 2. The first-order chi connectivity index (χ1) is 16.7. The van der Waals surface area contributed by atoms with E-state index < -0.39 is 0 Å². The van der Waals surface area contributed by atoms with Gasteiger partial charge >= 0.3 is 0 Å². The molecule has 0 unspecified atom stereocenters. The van der Waals surface area contributed by atoms with E-state index >= 15 is 0 Å². The highest BCUT2D eigenvalue weighted by Crippen LogP contribution is 2.37. The largest absolute Gasteiger partial charge is 0.0917 e.